The molecular formula is C13H13BrClFN4. The van der Waals surface area contributed by atoms with Gasteiger partial charge in [0.1, 0.15) is 11.6 Å². The van der Waals surface area contributed by atoms with E-state index in [1.54, 1.807) is 12.3 Å². The summed E-state index contributed by atoms with van der Waals surface area (Å²) in [6, 6.07) is 4.59. The van der Waals surface area contributed by atoms with Crippen molar-refractivity contribution in [3.05, 3.63) is 39.7 Å². The number of hydrogen-bond acceptors (Lipinski definition) is 4. The van der Waals surface area contributed by atoms with Crippen LogP contribution in [-0.2, 0) is 0 Å². The molecule has 0 saturated heterocycles. The molecule has 7 heteroatoms. The van der Waals surface area contributed by atoms with Crippen LogP contribution in [0.4, 0.5) is 21.8 Å². The number of nitrogens with zero attached hydrogens (tertiary/aromatic N) is 2. The molecule has 0 aliphatic rings. The van der Waals surface area contributed by atoms with Crippen LogP contribution in [0.2, 0.25) is 5.02 Å². The fourth-order valence-electron chi connectivity index (χ4n) is 1.50. The summed E-state index contributed by atoms with van der Waals surface area (Å²) in [7, 11) is 0. The van der Waals surface area contributed by atoms with Gasteiger partial charge in [0.2, 0.25) is 5.95 Å². The van der Waals surface area contributed by atoms with Gasteiger partial charge in [-0.3, -0.25) is 0 Å². The molecule has 0 radical (unpaired) electrons. The van der Waals surface area contributed by atoms with Gasteiger partial charge in [-0.05, 0) is 48.0 Å². The number of hydrogen-bond donors (Lipinski definition) is 2. The minimum absolute atomic E-state index is 0.0487. The summed E-state index contributed by atoms with van der Waals surface area (Å²) < 4.78 is 13.9. The molecule has 0 spiro atoms. The Hall–Kier alpha value is -1.40. The van der Waals surface area contributed by atoms with Crippen LogP contribution in [-0.4, -0.2) is 16.0 Å². The van der Waals surface area contributed by atoms with E-state index in [9.17, 15) is 4.39 Å². The summed E-state index contributed by atoms with van der Waals surface area (Å²) >= 11 is 9.11. The number of aromatic nitrogens is 2. The van der Waals surface area contributed by atoms with Gasteiger partial charge in [0.05, 0.1) is 9.50 Å². The zero-order valence-electron chi connectivity index (χ0n) is 10.9. The topological polar surface area (TPSA) is 49.8 Å². The Morgan fingerprint density at radius 3 is 2.75 bits per heavy atom. The van der Waals surface area contributed by atoms with Crippen molar-refractivity contribution in [2.24, 2.45) is 0 Å². The maximum atomic E-state index is 13.1. The van der Waals surface area contributed by atoms with E-state index in [-0.39, 0.29) is 11.1 Å². The molecule has 4 nitrogen and oxygen atoms in total. The fourth-order valence-corrected chi connectivity index (χ4v) is 1.99. The van der Waals surface area contributed by atoms with Gasteiger partial charge in [-0.25, -0.2) is 9.37 Å². The number of anilines is 3. The SMILES string of the molecule is CC(C)Nc1nc(Nc2ccc(F)c(Cl)c2)ncc1Br. The first-order valence-corrected chi connectivity index (χ1v) is 7.14. The summed E-state index contributed by atoms with van der Waals surface area (Å²) in [6.45, 7) is 4.03. The minimum atomic E-state index is -0.462. The lowest BCUT2D eigenvalue weighted by Gasteiger charge is -2.12. The smallest absolute Gasteiger partial charge is 0.229 e. The highest BCUT2D eigenvalue weighted by Gasteiger charge is 2.07. The molecule has 20 heavy (non-hydrogen) atoms. The number of nitrogens with one attached hydrogen (secondary N) is 2. The Morgan fingerprint density at radius 1 is 1.35 bits per heavy atom. The zero-order chi connectivity index (χ0) is 14.7. The second-order valence-corrected chi connectivity index (χ2v) is 5.70. The van der Waals surface area contributed by atoms with Crippen molar-refractivity contribution in [1.82, 2.24) is 9.97 Å². The number of halogens is 3. The Balaban J connectivity index is 2.22. The van der Waals surface area contributed by atoms with Gasteiger partial charge in [-0.1, -0.05) is 11.6 Å². The third-order valence-corrected chi connectivity index (χ3v) is 3.22. The Morgan fingerprint density at radius 2 is 2.10 bits per heavy atom. The van der Waals surface area contributed by atoms with E-state index < -0.39 is 5.82 Å². The molecule has 1 aromatic heterocycles. The van der Waals surface area contributed by atoms with E-state index in [1.807, 2.05) is 13.8 Å². The van der Waals surface area contributed by atoms with Crippen LogP contribution in [0.3, 0.4) is 0 Å². The third-order valence-electron chi connectivity index (χ3n) is 2.35. The van der Waals surface area contributed by atoms with Crippen LogP contribution < -0.4 is 10.6 Å². The van der Waals surface area contributed by atoms with Gasteiger partial charge in [-0.15, -0.1) is 0 Å². The largest absolute Gasteiger partial charge is 0.367 e. The molecule has 106 valence electrons. The maximum absolute atomic E-state index is 13.1. The Labute approximate surface area is 129 Å². The Kier molecular flexibility index (Phi) is 4.77. The Bertz CT molecular complexity index is 621. The summed E-state index contributed by atoms with van der Waals surface area (Å²) in [5.74, 6) is 0.626. The average Bonchev–Trinajstić information content (AvgIpc) is 2.37. The molecule has 0 fully saturated rings. The van der Waals surface area contributed by atoms with Crippen molar-refractivity contribution in [1.29, 1.82) is 0 Å². The van der Waals surface area contributed by atoms with Crippen LogP contribution >= 0.6 is 27.5 Å². The molecular weight excluding hydrogens is 347 g/mol. The average molecular weight is 360 g/mol. The van der Waals surface area contributed by atoms with Gasteiger partial charge >= 0.3 is 0 Å². The summed E-state index contributed by atoms with van der Waals surface area (Å²) in [6.07, 6.45) is 1.64. The van der Waals surface area contributed by atoms with Gasteiger partial charge in [-0.2, -0.15) is 4.98 Å². The van der Waals surface area contributed by atoms with Gasteiger partial charge in [0.25, 0.3) is 0 Å². The summed E-state index contributed by atoms with van der Waals surface area (Å²) in [5.41, 5.74) is 0.620. The molecule has 1 heterocycles. The van der Waals surface area contributed by atoms with E-state index >= 15 is 0 Å². The first kappa shape index (κ1) is 15.0. The molecule has 2 aromatic rings. The molecule has 0 aliphatic heterocycles. The first-order chi connectivity index (χ1) is 9.45. The van der Waals surface area contributed by atoms with Crippen molar-refractivity contribution in [2.75, 3.05) is 10.6 Å². The second kappa shape index (κ2) is 6.37. The number of rotatable bonds is 4. The molecule has 0 saturated carbocycles. The monoisotopic (exact) mass is 358 g/mol. The zero-order valence-corrected chi connectivity index (χ0v) is 13.3. The van der Waals surface area contributed by atoms with Crippen LogP contribution in [0.5, 0.6) is 0 Å². The highest BCUT2D eigenvalue weighted by atomic mass is 79.9. The molecule has 0 amide bonds. The second-order valence-electron chi connectivity index (χ2n) is 4.44. The third kappa shape index (κ3) is 3.80. The van der Waals surface area contributed by atoms with Crippen molar-refractivity contribution in [3.8, 4) is 0 Å². The molecule has 0 bridgehead atoms. The van der Waals surface area contributed by atoms with E-state index in [4.69, 9.17) is 11.6 Å². The summed E-state index contributed by atoms with van der Waals surface area (Å²) in [4.78, 5) is 8.49. The molecule has 2 rings (SSSR count). The summed E-state index contributed by atoms with van der Waals surface area (Å²) in [5, 5.41) is 6.22. The predicted molar refractivity (Wildman–Crippen MR) is 83.2 cm³/mol. The van der Waals surface area contributed by atoms with Crippen LogP contribution in [0, 0.1) is 5.82 Å². The molecule has 2 N–H and O–H groups in total. The van der Waals surface area contributed by atoms with Crippen LogP contribution in [0.25, 0.3) is 0 Å². The van der Waals surface area contributed by atoms with Gasteiger partial charge < -0.3 is 10.6 Å². The standard InChI is InChI=1S/C13H13BrClFN4/c1-7(2)18-12-9(14)6-17-13(20-12)19-8-3-4-11(16)10(15)5-8/h3-7H,1-2H3,(H2,17,18,19,20). The highest BCUT2D eigenvalue weighted by molar-refractivity contribution is 9.10. The lowest BCUT2D eigenvalue weighted by atomic mass is 10.3. The quantitative estimate of drug-likeness (QED) is 0.838. The van der Waals surface area contributed by atoms with Gasteiger partial charge in [0, 0.05) is 17.9 Å². The minimum Gasteiger partial charge on any atom is -0.367 e. The van der Waals surface area contributed by atoms with E-state index in [1.165, 1.54) is 12.1 Å². The maximum Gasteiger partial charge on any atom is 0.229 e. The fraction of sp³-hybridized carbons (Fsp3) is 0.231. The van der Waals surface area contributed by atoms with Crippen molar-refractivity contribution >= 4 is 45.0 Å². The van der Waals surface area contributed by atoms with E-state index in [2.05, 4.69) is 36.5 Å². The van der Waals surface area contributed by atoms with Crippen LogP contribution in [0.15, 0.2) is 28.9 Å². The predicted octanol–water partition coefficient (Wildman–Crippen LogP) is 4.60. The lowest BCUT2D eigenvalue weighted by molar-refractivity contribution is 0.628. The van der Waals surface area contributed by atoms with Crippen molar-refractivity contribution in [3.63, 3.8) is 0 Å². The van der Waals surface area contributed by atoms with E-state index in [0.29, 0.717) is 17.5 Å². The van der Waals surface area contributed by atoms with Crippen molar-refractivity contribution < 1.29 is 4.39 Å². The van der Waals surface area contributed by atoms with Crippen LogP contribution in [0.1, 0.15) is 13.8 Å². The van der Waals surface area contributed by atoms with Gasteiger partial charge in [0.15, 0.2) is 0 Å². The molecule has 0 unspecified atom stereocenters. The molecule has 1 aromatic carbocycles. The first-order valence-electron chi connectivity index (χ1n) is 5.97. The normalized spacial score (nSPS) is 10.7. The number of benzene rings is 1. The lowest BCUT2D eigenvalue weighted by Crippen LogP contribution is -2.12. The molecule has 0 aliphatic carbocycles. The van der Waals surface area contributed by atoms with E-state index in [0.717, 1.165) is 4.47 Å². The van der Waals surface area contributed by atoms with Crippen molar-refractivity contribution in [2.45, 2.75) is 19.9 Å². The molecule has 0 atom stereocenters. The highest BCUT2D eigenvalue weighted by Crippen LogP contribution is 2.24.